The van der Waals surface area contributed by atoms with E-state index in [9.17, 15) is 4.79 Å². The van der Waals surface area contributed by atoms with Crippen LogP contribution in [-0.4, -0.2) is 5.97 Å². The van der Waals surface area contributed by atoms with Crippen molar-refractivity contribution in [2.75, 3.05) is 0 Å². The number of ether oxygens (including phenoxy) is 1. The molecule has 0 heterocycles. The van der Waals surface area contributed by atoms with Gasteiger partial charge in [-0.15, -0.1) is 12.4 Å². The normalized spacial score (nSPS) is 9.18. The van der Waals surface area contributed by atoms with E-state index in [2.05, 4.69) is 0 Å². The van der Waals surface area contributed by atoms with E-state index in [1.165, 1.54) is 0 Å². The van der Waals surface area contributed by atoms with Gasteiger partial charge in [0.05, 0.1) is 6.42 Å². The molecule has 0 radical (unpaired) electrons. The molecule has 0 fully saturated rings. The fourth-order valence-electron chi connectivity index (χ4n) is 1.42. The Morgan fingerprint density at radius 1 is 0.882 bits per heavy atom. The van der Waals surface area contributed by atoms with Crippen molar-refractivity contribution in [3.8, 4) is 5.75 Å². The van der Waals surface area contributed by atoms with E-state index in [4.69, 9.17) is 4.74 Å². The number of esters is 1. The van der Waals surface area contributed by atoms with Crippen LogP contribution in [0.25, 0.3) is 0 Å². The lowest BCUT2D eigenvalue weighted by molar-refractivity contribution is -0.133. The molecule has 0 saturated carbocycles. The highest BCUT2D eigenvalue weighted by Gasteiger charge is 2.05. The van der Waals surface area contributed by atoms with Crippen LogP contribution in [0.4, 0.5) is 0 Å². The van der Waals surface area contributed by atoms with Gasteiger partial charge in [-0.25, -0.2) is 0 Å². The van der Waals surface area contributed by atoms with Crippen molar-refractivity contribution < 1.29 is 9.53 Å². The number of hydrogen-bond acceptors (Lipinski definition) is 2. The first-order chi connectivity index (χ1) is 7.84. The number of hydrogen-bond donors (Lipinski definition) is 0. The average molecular weight is 249 g/mol. The Kier molecular flexibility index (Phi) is 5.24. The van der Waals surface area contributed by atoms with E-state index >= 15 is 0 Å². The number of rotatable bonds is 3. The zero-order chi connectivity index (χ0) is 11.2. The van der Waals surface area contributed by atoms with Crippen molar-refractivity contribution in [2.24, 2.45) is 0 Å². The van der Waals surface area contributed by atoms with Gasteiger partial charge in [-0.05, 0) is 17.7 Å². The summed E-state index contributed by atoms with van der Waals surface area (Å²) >= 11 is 0. The molecule has 3 heteroatoms. The molecular formula is C14H13ClO2. The Labute approximate surface area is 107 Å². The molecule has 2 nitrogen and oxygen atoms in total. The number of carbonyl (C=O) groups excluding carboxylic acids is 1. The Balaban J connectivity index is 0.00000144. The highest BCUT2D eigenvalue weighted by Crippen LogP contribution is 2.10. The number of benzene rings is 2. The van der Waals surface area contributed by atoms with Crippen LogP contribution in [0.5, 0.6) is 5.75 Å². The first kappa shape index (κ1) is 13.3. The summed E-state index contributed by atoms with van der Waals surface area (Å²) in [7, 11) is 0. The van der Waals surface area contributed by atoms with Gasteiger partial charge in [-0.2, -0.15) is 0 Å². The Bertz CT molecular complexity index is 411. The van der Waals surface area contributed by atoms with Crippen LogP contribution in [-0.2, 0) is 11.2 Å². The van der Waals surface area contributed by atoms with E-state index in [0.29, 0.717) is 12.2 Å². The minimum absolute atomic E-state index is 0. The zero-order valence-corrected chi connectivity index (χ0v) is 10.0. The minimum Gasteiger partial charge on any atom is -0.426 e. The molecule has 0 unspecified atom stereocenters. The first-order valence-electron chi connectivity index (χ1n) is 5.14. The van der Waals surface area contributed by atoms with Crippen molar-refractivity contribution in [1.82, 2.24) is 0 Å². The lowest BCUT2D eigenvalue weighted by atomic mass is 10.2. The maximum Gasteiger partial charge on any atom is 0.315 e. The highest BCUT2D eigenvalue weighted by molar-refractivity contribution is 5.85. The molecule has 0 N–H and O–H groups in total. The summed E-state index contributed by atoms with van der Waals surface area (Å²) in [5.41, 5.74) is 0.962. The lowest BCUT2D eigenvalue weighted by Gasteiger charge is -2.03. The summed E-state index contributed by atoms with van der Waals surface area (Å²) in [5, 5.41) is 0. The lowest BCUT2D eigenvalue weighted by Crippen LogP contribution is -2.10. The molecule has 0 aromatic heterocycles. The fourth-order valence-corrected chi connectivity index (χ4v) is 1.42. The largest absolute Gasteiger partial charge is 0.426 e. The molecule has 0 atom stereocenters. The maximum atomic E-state index is 11.6. The number of para-hydroxylation sites is 1. The van der Waals surface area contributed by atoms with E-state index in [0.717, 1.165) is 5.56 Å². The third-order valence-corrected chi connectivity index (χ3v) is 2.17. The molecule has 0 amide bonds. The highest BCUT2D eigenvalue weighted by atomic mass is 35.5. The SMILES string of the molecule is Cl.O=C(Cc1ccccc1)Oc1ccccc1. The quantitative estimate of drug-likeness (QED) is 0.616. The molecule has 0 aliphatic carbocycles. The van der Waals surface area contributed by atoms with Crippen LogP contribution >= 0.6 is 12.4 Å². The van der Waals surface area contributed by atoms with Crippen LogP contribution in [0.3, 0.4) is 0 Å². The van der Waals surface area contributed by atoms with Gasteiger partial charge >= 0.3 is 5.97 Å². The molecule has 2 aromatic carbocycles. The molecule has 17 heavy (non-hydrogen) atoms. The fraction of sp³-hybridized carbons (Fsp3) is 0.0714. The van der Waals surface area contributed by atoms with E-state index < -0.39 is 0 Å². The van der Waals surface area contributed by atoms with Crippen LogP contribution in [0, 0.1) is 0 Å². The second kappa shape index (κ2) is 6.71. The van der Waals surface area contributed by atoms with Crippen molar-refractivity contribution in [3.63, 3.8) is 0 Å². The van der Waals surface area contributed by atoms with Gasteiger partial charge in [0.1, 0.15) is 5.75 Å². The van der Waals surface area contributed by atoms with Crippen LogP contribution in [0.2, 0.25) is 0 Å². The van der Waals surface area contributed by atoms with Crippen molar-refractivity contribution >= 4 is 18.4 Å². The van der Waals surface area contributed by atoms with Gasteiger partial charge < -0.3 is 4.74 Å². The van der Waals surface area contributed by atoms with Crippen molar-refractivity contribution in [1.29, 1.82) is 0 Å². The third kappa shape index (κ3) is 4.29. The van der Waals surface area contributed by atoms with Crippen LogP contribution in [0.1, 0.15) is 5.56 Å². The summed E-state index contributed by atoms with van der Waals surface area (Å²) < 4.78 is 5.18. The van der Waals surface area contributed by atoms with Gasteiger partial charge in [0, 0.05) is 0 Å². The van der Waals surface area contributed by atoms with E-state index in [1.807, 2.05) is 48.5 Å². The monoisotopic (exact) mass is 248 g/mol. The third-order valence-electron chi connectivity index (χ3n) is 2.17. The molecule has 0 aliphatic heterocycles. The molecular weight excluding hydrogens is 236 g/mol. The van der Waals surface area contributed by atoms with Crippen molar-refractivity contribution in [2.45, 2.75) is 6.42 Å². The molecule has 0 spiro atoms. The molecule has 0 saturated heterocycles. The predicted molar refractivity (Wildman–Crippen MR) is 69.5 cm³/mol. The summed E-state index contributed by atoms with van der Waals surface area (Å²) in [6.45, 7) is 0. The number of carbonyl (C=O) groups is 1. The zero-order valence-electron chi connectivity index (χ0n) is 9.21. The second-order valence-electron chi connectivity index (χ2n) is 3.45. The van der Waals surface area contributed by atoms with Crippen LogP contribution < -0.4 is 4.74 Å². The molecule has 0 aliphatic rings. The molecule has 2 aromatic rings. The summed E-state index contributed by atoms with van der Waals surface area (Å²) in [6.07, 6.45) is 0.301. The molecule has 0 bridgehead atoms. The minimum atomic E-state index is -0.239. The number of halogens is 1. The molecule has 2 rings (SSSR count). The average Bonchev–Trinajstić information content (AvgIpc) is 2.31. The standard InChI is InChI=1S/C14H12O2.ClH/c15-14(11-12-7-3-1-4-8-12)16-13-9-5-2-6-10-13;/h1-10H,11H2;1H. The molecule has 88 valence electrons. The second-order valence-corrected chi connectivity index (χ2v) is 3.45. The summed E-state index contributed by atoms with van der Waals surface area (Å²) in [6, 6.07) is 18.7. The van der Waals surface area contributed by atoms with Gasteiger partial charge in [0.2, 0.25) is 0 Å². The summed E-state index contributed by atoms with van der Waals surface area (Å²) in [4.78, 5) is 11.6. The van der Waals surface area contributed by atoms with Crippen molar-refractivity contribution in [3.05, 3.63) is 66.2 Å². The Hall–Kier alpha value is -1.80. The first-order valence-corrected chi connectivity index (χ1v) is 5.14. The van der Waals surface area contributed by atoms with Gasteiger partial charge in [0.15, 0.2) is 0 Å². The smallest absolute Gasteiger partial charge is 0.315 e. The van der Waals surface area contributed by atoms with Gasteiger partial charge in [-0.3, -0.25) is 4.79 Å². The Morgan fingerprint density at radius 2 is 1.41 bits per heavy atom. The predicted octanol–water partition coefficient (Wildman–Crippen LogP) is 3.26. The van der Waals surface area contributed by atoms with Gasteiger partial charge in [0.25, 0.3) is 0 Å². The topological polar surface area (TPSA) is 26.3 Å². The van der Waals surface area contributed by atoms with Crippen LogP contribution in [0.15, 0.2) is 60.7 Å². The van der Waals surface area contributed by atoms with Gasteiger partial charge in [-0.1, -0.05) is 48.5 Å². The summed E-state index contributed by atoms with van der Waals surface area (Å²) in [5.74, 6) is 0.348. The van der Waals surface area contributed by atoms with E-state index in [1.54, 1.807) is 12.1 Å². The van der Waals surface area contributed by atoms with E-state index in [-0.39, 0.29) is 18.4 Å². The Morgan fingerprint density at radius 3 is 2.00 bits per heavy atom. The maximum absolute atomic E-state index is 11.6.